The summed E-state index contributed by atoms with van der Waals surface area (Å²) in [7, 11) is 0. The number of anilines is 1. The molecule has 0 heterocycles. The summed E-state index contributed by atoms with van der Waals surface area (Å²) in [5.74, 6) is -2.17. The van der Waals surface area contributed by atoms with Crippen LogP contribution in [-0.2, 0) is 4.79 Å². The number of amides is 1. The second-order valence-electron chi connectivity index (χ2n) is 4.92. The third-order valence-electron chi connectivity index (χ3n) is 3.44. The van der Waals surface area contributed by atoms with Crippen molar-refractivity contribution in [2.45, 2.75) is 37.6 Å². The van der Waals surface area contributed by atoms with Gasteiger partial charge in [0.05, 0.1) is 16.2 Å². The first-order chi connectivity index (χ1) is 8.92. The second kappa shape index (κ2) is 5.43. The van der Waals surface area contributed by atoms with Gasteiger partial charge in [0.25, 0.3) is 0 Å². The summed E-state index contributed by atoms with van der Waals surface area (Å²) in [5, 5.41) is 2.20. The lowest BCUT2D eigenvalue weighted by molar-refractivity contribution is -0.122. The van der Waals surface area contributed by atoms with E-state index in [1.165, 1.54) is 0 Å². The molecule has 0 radical (unpaired) electrons. The van der Waals surface area contributed by atoms with Gasteiger partial charge in [0.15, 0.2) is 5.82 Å². The Kier molecular flexibility index (Phi) is 4.06. The molecule has 0 spiro atoms. The Morgan fingerprint density at radius 2 is 1.89 bits per heavy atom. The van der Waals surface area contributed by atoms with Crippen LogP contribution in [0.4, 0.5) is 14.5 Å². The number of halogens is 3. The molecule has 0 saturated heterocycles. The smallest absolute Gasteiger partial charge is 0.244 e. The zero-order valence-electron chi connectivity index (χ0n) is 10.3. The fraction of sp³-hybridized carbons (Fsp3) is 0.462. The average Bonchev–Trinajstić information content (AvgIpc) is 2.34. The van der Waals surface area contributed by atoms with E-state index in [2.05, 4.69) is 5.32 Å². The van der Waals surface area contributed by atoms with E-state index in [4.69, 9.17) is 17.3 Å². The van der Waals surface area contributed by atoms with Crippen LogP contribution in [0.1, 0.15) is 32.1 Å². The van der Waals surface area contributed by atoms with Crippen LogP contribution < -0.4 is 11.1 Å². The van der Waals surface area contributed by atoms with E-state index in [-0.39, 0.29) is 10.7 Å². The molecule has 19 heavy (non-hydrogen) atoms. The van der Waals surface area contributed by atoms with Crippen molar-refractivity contribution in [3.05, 3.63) is 28.8 Å². The van der Waals surface area contributed by atoms with E-state index in [9.17, 15) is 13.6 Å². The fourth-order valence-electron chi connectivity index (χ4n) is 2.31. The number of hydrogen-bond acceptors (Lipinski definition) is 2. The first-order valence-electron chi connectivity index (χ1n) is 6.17. The van der Waals surface area contributed by atoms with E-state index in [0.717, 1.165) is 25.3 Å². The Morgan fingerprint density at radius 1 is 1.26 bits per heavy atom. The molecule has 0 atom stereocenters. The molecule has 3 nitrogen and oxygen atoms in total. The zero-order valence-corrected chi connectivity index (χ0v) is 11.1. The normalized spacial score (nSPS) is 18.1. The molecule has 0 aromatic heterocycles. The van der Waals surface area contributed by atoms with Crippen molar-refractivity contribution in [2.24, 2.45) is 5.73 Å². The maximum absolute atomic E-state index is 13.6. The van der Waals surface area contributed by atoms with Gasteiger partial charge in [-0.15, -0.1) is 0 Å². The molecule has 1 aromatic rings. The highest BCUT2D eigenvalue weighted by Crippen LogP contribution is 2.30. The molecule has 1 aromatic carbocycles. The minimum absolute atomic E-state index is 0.176. The topological polar surface area (TPSA) is 55.1 Å². The molecule has 3 N–H and O–H groups in total. The summed E-state index contributed by atoms with van der Waals surface area (Å²) in [4.78, 5) is 12.1. The van der Waals surface area contributed by atoms with Gasteiger partial charge in [0, 0.05) is 6.07 Å². The minimum atomic E-state index is -0.998. The predicted octanol–water partition coefficient (Wildman–Crippen LogP) is 3.22. The largest absolute Gasteiger partial charge is 0.321 e. The first-order valence-corrected chi connectivity index (χ1v) is 6.55. The number of carbonyl (C=O) groups excluding carboxylic acids is 1. The fourth-order valence-corrected chi connectivity index (χ4v) is 2.55. The van der Waals surface area contributed by atoms with Gasteiger partial charge >= 0.3 is 0 Å². The summed E-state index contributed by atoms with van der Waals surface area (Å²) >= 11 is 5.73. The van der Waals surface area contributed by atoms with Crippen LogP contribution >= 0.6 is 11.6 Å². The summed E-state index contributed by atoms with van der Waals surface area (Å²) in [6.45, 7) is 0. The van der Waals surface area contributed by atoms with Crippen LogP contribution in [0.15, 0.2) is 12.1 Å². The molecule has 2 rings (SSSR count). The standard InChI is InChI=1S/C13H15ClF2N2O/c14-9-6-8(15)7-10(16)11(9)18-12(19)13(17)4-2-1-3-5-13/h6-7H,1-5,17H2,(H,18,19). The highest BCUT2D eigenvalue weighted by Gasteiger charge is 2.35. The number of nitrogens with one attached hydrogen (secondary N) is 1. The van der Waals surface area contributed by atoms with Gasteiger partial charge in [-0.3, -0.25) is 4.79 Å². The summed E-state index contributed by atoms with van der Waals surface area (Å²) in [5.41, 5.74) is 4.81. The third-order valence-corrected chi connectivity index (χ3v) is 3.74. The van der Waals surface area contributed by atoms with Crippen LogP contribution in [0.5, 0.6) is 0 Å². The van der Waals surface area contributed by atoms with Crippen molar-refractivity contribution in [1.82, 2.24) is 0 Å². The predicted molar refractivity (Wildman–Crippen MR) is 70.0 cm³/mol. The highest BCUT2D eigenvalue weighted by molar-refractivity contribution is 6.33. The Labute approximate surface area is 115 Å². The van der Waals surface area contributed by atoms with Gasteiger partial charge in [-0.1, -0.05) is 30.9 Å². The molecular weight excluding hydrogens is 274 g/mol. The van der Waals surface area contributed by atoms with Crippen molar-refractivity contribution < 1.29 is 13.6 Å². The maximum Gasteiger partial charge on any atom is 0.244 e. The number of benzene rings is 1. The van der Waals surface area contributed by atoms with Crippen molar-refractivity contribution in [3.8, 4) is 0 Å². The molecule has 104 valence electrons. The molecule has 6 heteroatoms. The minimum Gasteiger partial charge on any atom is -0.321 e. The van der Waals surface area contributed by atoms with Gasteiger partial charge in [-0.25, -0.2) is 8.78 Å². The lowest BCUT2D eigenvalue weighted by Gasteiger charge is -2.31. The van der Waals surface area contributed by atoms with Crippen LogP contribution in [0.25, 0.3) is 0 Å². The summed E-state index contributed by atoms with van der Waals surface area (Å²) in [6, 6.07) is 1.62. The summed E-state index contributed by atoms with van der Waals surface area (Å²) < 4.78 is 26.5. The van der Waals surface area contributed by atoms with Gasteiger partial charge in [0.2, 0.25) is 5.91 Å². The van der Waals surface area contributed by atoms with Crippen molar-refractivity contribution in [1.29, 1.82) is 0 Å². The maximum atomic E-state index is 13.6. The third kappa shape index (κ3) is 3.04. The van der Waals surface area contributed by atoms with E-state index < -0.39 is 23.1 Å². The summed E-state index contributed by atoms with van der Waals surface area (Å²) in [6.07, 6.45) is 3.88. The Morgan fingerprint density at radius 3 is 2.47 bits per heavy atom. The Hall–Kier alpha value is -1.20. The lowest BCUT2D eigenvalue weighted by atomic mass is 9.82. The van der Waals surface area contributed by atoms with E-state index in [1.807, 2.05) is 0 Å². The molecule has 1 fully saturated rings. The van der Waals surface area contributed by atoms with Crippen molar-refractivity contribution >= 4 is 23.2 Å². The molecule has 1 aliphatic carbocycles. The zero-order chi connectivity index (χ0) is 14.0. The highest BCUT2D eigenvalue weighted by atomic mass is 35.5. The molecular formula is C13H15ClF2N2O. The van der Waals surface area contributed by atoms with Crippen LogP contribution in [0.2, 0.25) is 5.02 Å². The first kappa shape index (κ1) is 14.2. The number of nitrogens with two attached hydrogens (primary N) is 1. The average molecular weight is 289 g/mol. The van der Waals surface area contributed by atoms with Crippen LogP contribution in [0, 0.1) is 11.6 Å². The molecule has 1 aliphatic rings. The van der Waals surface area contributed by atoms with Gasteiger partial charge in [-0.2, -0.15) is 0 Å². The molecule has 0 bridgehead atoms. The second-order valence-corrected chi connectivity index (χ2v) is 5.32. The SMILES string of the molecule is NC1(C(=O)Nc2c(F)cc(F)cc2Cl)CCCCC1. The Balaban J connectivity index is 2.19. The molecule has 1 saturated carbocycles. The van der Waals surface area contributed by atoms with Crippen LogP contribution in [-0.4, -0.2) is 11.4 Å². The molecule has 0 aliphatic heterocycles. The quantitative estimate of drug-likeness (QED) is 0.878. The molecule has 0 unspecified atom stereocenters. The number of hydrogen-bond donors (Lipinski definition) is 2. The molecule has 1 amide bonds. The van der Waals surface area contributed by atoms with Crippen molar-refractivity contribution in [2.75, 3.05) is 5.32 Å². The van der Waals surface area contributed by atoms with E-state index in [0.29, 0.717) is 18.9 Å². The van der Waals surface area contributed by atoms with E-state index in [1.54, 1.807) is 0 Å². The van der Waals surface area contributed by atoms with E-state index >= 15 is 0 Å². The Bertz CT molecular complexity index is 478. The van der Waals surface area contributed by atoms with Crippen LogP contribution in [0.3, 0.4) is 0 Å². The van der Waals surface area contributed by atoms with Gasteiger partial charge in [0.1, 0.15) is 5.82 Å². The van der Waals surface area contributed by atoms with Gasteiger partial charge in [-0.05, 0) is 18.9 Å². The monoisotopic (exact) mass is 288 g/mol. The van der Waals surface area contributed by atoms with Crippen molar-refractivity contribution in [3.63, 3.8) is 0 Å². The number of rotatable bonds is 2. The van der Waals surface area contributed by atoms with Gasteiger partial charge < -0.3 is 11.1 Å². The number of carbonyl (C=O) groups is 1. The lowest BCUT2D eigenvalue weighted by Crippen LogP contribution is -2.52.